The first-order valence-electron chi connectivity index (χ1n) is 13.1. The molecule has 2 aromatic rings. The minimum Gasteiger partial charge on any atom is -0.452 e. The van der Waals surface area contributed by atoms with Crippen molar-refractivity contribution in [3.8, 4) is 0 Å². The summed E-state index contributed by atoms with van der Waals surface area (Å²) in [6.07, 6.45) is 0.610. The highest BCUT2D eigenvalue weighted by atomic mass is 32.2. The molecule has 0 fully saturated rings. The lowest BCUT2D eigenvalue weighted by atomic mass is 9.97. The van der Waals surface area contributed by atoms with Crippen molar-refractivity contribution in [2.45, 2.75) is 77.8 Å². The van der Waals surface area contributed by atoms with Gasteiger partial charge in [0.15, 0.2) is 6.10 Å². The predicted octanol–water partition coefficient (Wildman–Crippen LogP) is 4.95. The molecule has 0 aliphatic heterocycles. The Bertz CT molecular complexity index is 1140. The van der Waals surface area contributed by atoms with E-state index in [2.05, 4.69) is 10.0 Å². The predicted molar refractivity (Wildman–Crippen MR) is 149 cm³/mol. The number of nitrogens with one attached hydrogen (secondary N) is 2. The number of aryl methyl sites for hydroxylation is 1. The van der Waals surface area contributed by atoms with Crippen LogP contribution in [-0.4, -0.2) is 45.7 Å². The monoisotopic (exact) mass is 546 g/mol. The van der Waals surface area contributed by atoms with Gasteiger partial charge in [0.05, 0.1) is 16.9 Å². The molecule has 0 heterocycles. The SMILES string of the molecule is CCOC[C@H](CCc1ccccc1)NS(=O)(=O)c1cccc(NC(=O)[C@H](CC(C)C)OC(=O)C(C)(C)C)c1. The molecule has 2 N–H and O–H groups in total. The molecular weight excluding hydrogens is 504 g/mol. The Balaban J connectivity index is 2.15. The number of carbonyl (C=O) groups excluding carboxylic acids is 2. The van der Waals surface area contributed by atoms with E-state index in [1.54, 1.807) is 32.9 Å². The van der Waals surface area contributed by atoms with Crippen LogP contribution in [0.2, 0.25) is 0 Å². The second kappa shape index (κ2) is 14.4. The lowest BCUT2D eigenvalue weighted by Crippen LogP contribution is -2.39. The van der Waals surface area contributed by atoms with E-state index in [-0.39, 0.29) is 17.4 Å². The second-order valence-corrected chi connectivity index (χ2v) is 12.5. The van der Waals surface area contributed by atoms with E-state index < -0.39 is 39.5 Å². The molecule has 0 aliphatic rings. The van der Waals surface area contributed by atoms with Gasteiger partial charge in [0.2, 0.25) is 10.0 Å². The van der Waals surface area contributed by atoms with Crippen LogP contribution in [0.1, 0.15) is 59.9 Å². The number of rotatable bonds is 14. The van der Waals surface area contributed by atoms with Crippen LogP contribution in [0.25, 0.3) is 0 Å². The van der Waals surface area contributed by atoms with Crippen molar-refractivity contribution in [1.82, 2.24) is 4.72 Å². The molecule has 9 heteroatoms. The highest BCUT2D eigenvalue weighted by Crippen LogP contribution is 2.21. The number of sulfonamides is 1. The molecule has 38 heavy (non-hydrogen) atoms. The number of hydrogen-bond acceptors (Lipinski definition) is 6. The first kappa shape index (κ1) is 31.5. The molecule has 0 aromatic heterocycles. The lowest BCUT2D eigenvalue weighted by Gasteiger charge is -2.24. The Kier molecular flexibility index (Phi) is 11.9. The quantitative estimate of drug-likeness (QED) is 0.325. The molecule has 0 bridgehead atoms. The van der Waals surface area contributed by atoms with Crippen molar-refractivity contribution in [2.75, 3.05) is 18.5 Å². The summed E-state index contributed by atoms with van der Waals surface area (Å²) in [4.78, 5) is 25.5. The van der Waals surface area contributed by atoms with Crippen LogP contribution in [0, 0.1) is 11.3 Å². The Morgan fingerprint density at radius 2 is 1.68 bits per heavy atom. The standard InChI is InChI=1S/C29H42N2O6S/c1-7-36-20-24(17-16-22-12-9-8-10-13-22)31-38(34,35)25-15-11-14-23(19-25)30-27(32)26(18-21(2)3)37-28(33)29(4,5)6/h8-15,19,21,24,26,31H,7,16-18,20H2,1-6H3,(H,30,32)/t24-,26-/m0/s1. The molecule has 2 rings (SSSR count). The van der Waals surface area contributed by atoms with Gasteiger partial charge in [-0.3, -0.25) is 9.59 Å². The molecule has 0 radical (unpaired) electrons. The average molecular weight is 547 g/mol. The van der Waals surface area contributed by atoms with Gasteiger partial charge in [0.25, 0.3) is 5.91 Å². The van der Waals surface area contributed by atoms with Crippen LogP contribution in [0.3, 0.4) is 0 Å². The smallest absolute Gasteiger partial charge is 0.312 e. The molecule has 0 unspecified atom stereocenters. The summed E-state index contributed by atoms with van der Waals surface area (Å²) in [5.74, 6) is -0.877. The maximum Gasteiger partial charge on any atom is 0.312 e. The number of ether oxygens (including phenoxy) is 2. The number of amides is 1. The van der Waals surface area contributed by atoms with Crippen molar-refractivity contribution in [3.63, 3.8) is 0 Å². The lowest BCUT2D eigenvalue weighted by molar-refractivity contribution is -0.163. The summed E-state index contributed by atoms with van der Waals surface area (Å²) in [6.45, 7) is 11.6. The third-order valence-electron chi connectivity index (χ3n) is 5.72. The Morgan fingerprint density at radius 3 is 2.29 bits per heavy atom. The fourth-order valence-corrected chi connectivity index (χ4v) is 4.92. The zero-order chi connectivity index (χ0) is 28.3. The van der Waals surface area contributed by atoms with E-state index in [4.69, 9.17) is 9.47 Å². The molecule has 0 saturated heterocycles. The van der Waals surface area contributed by atoms with Gasteiger partial charge in [-0.1, -0.05) is 50.2 Å². The normalized spacial score (nSPS) is 13.7. The van der Waals surface area contributed by atoms with Crippen LogP contribution in [0.15, 0.2) is 59.5 Å². The summed E-state index contributed by atoms with van der Waals surface area (Å²) >= 11 is 0. The fraction of sp³-hybridized carbons (Fsp3) is 0.517. The van der Waals surface area contributed by atoms with E-state index in [9.17, 15) is 18.0 Å². The number of carbonyl (C=O) groups is 2. The summed E-state index contributed by atoms with van der Waals surface area (Å²) in [7, 11) is -3.90. The third-order valence-corrected chi connectivity index (χ3v) is 7.24. The zero-order valence-corrected chi connectivity index (χ0v) is 24.1. The molecule has 1 amide bonds. The number of anilines is 1. The van der Waals surface area contributed by atoms with Gasteiger partial charge in [-0.2, -0.15) is 0 Å². The summed E-state index contributed by atoms with van der Waals surface area (Å²) in [5, 5.41) is 2.72. The Labute approximate surface area is 227 Å². The maximum atomic E-state index is 13.2. The van der Waals surface area contributed by atoms with Crippen molar-refractivity contribution in [2.24, 2.45) is 11.3 Å². The van der Waals surface area contributed by atoms with Crippen LogP contribution in [0.4, 0.5) is 5.69 Å². The highest BCUT2D eigenvalue weighted by molar-refractivity contribution is 7.89. The number of hydrogen-bond donors (Lipinski definition) is 2. The molecule has 2 aromatic carbocycles. The zero-order valence-electron chi connectivity index (χ0n) is 23.3. The first-order chi connectivity index (χ1) is 17.8. The minimum atomic E-state index is -3.90. The maximum absolute atomic E-state index is 13.2. The Hall–Kier alpha value is -2.75. The van der Waals surface area contributed by atoms with E-state index in [0.29, 0.717) is 31.6 Å². The van der Waals surface area contributed by atoms with Crippen LogP contribution < -0.4 is 10.0 Å². The van der Waals surface area contributed by atoms with Crippen molar-refractivity contribution in [3.05, 3.63) is 60.2 Å². The van der Waals surface area contributed by atoms with Gasteiger partial charge < -0.3 is 14.8 Å². The van der Waals surface area contributed by atoms with Crippen molar-refractivity contribution >= 4 is 27.6 Å². The van der Waals surface area contributed by atoms with E-state index in [0.717, 1.165) is 5.56 Å². The van der Waals surface area contributed by atoms with Crippen molar-refractivity contribution in [1.29, 1.82) is 0 Å². The topological polar surface area (TPSA) is 111 Å². The van der Waals surface area contributed by atoms with Gasteiger partial charge in [-0.25, -0.2) is 13.1 Å². The first-order valence-corrected chi connectivity index (χ1v) is 14.6. The van der Waals surface area contributed by atoms with Crippen LogP contribution >= 0.6 is 0 Å². The number of esters is 1. The molecule has 210 valence electrons. The average Bonchev–Trinajstić information content (AvgIpc) is 2.85. The molecular formula is C29H42N2O6S. The largest absolute Gasteiger partial charge is 0.452 e. The summed E-state index contributed by atoms with van der Waals surface area (Å²) in [6, 6.07) is 15.4. The number of benzene rings is 2. The molecule has 2 atom stereocenters. The van der Waals surface area contributed by atoms with Crippen LogP contribution in [0.5, 0.6) is 0 Å². The van der Waals surface area contributed by atoms with E-state index in [1.807, 2.05) is 51.1 Å². The van der Waals surface area contributed by atoms with Crippen LogP contribution in [-0.2, 0) is 35.5 Å². The molecule has 0 saturated carbocycles. The van der Waals surface area contributed by atoms with Gasteiger partial charge in [-0.05, 0) is 76.6 Å². The minimum absolute atomic E-state index is 0.0172. The second-order valence-electron chi connectivity index (χ2n) is 10.8. The van der Waals surface area contributed by atoms with E-state index in [1.165, 1.54) is 12.1 Å². The van der Waals surface area contributed by atoms with Crippen molar-refractivity contribution < 1.29 is 27.5 Å². The fourth-order valence-electron chi connectivity index (χ4n) is 3.62. The van der Waals surface area contributed by atoms with Gasteiger partial charge >= 0.3 is 5.97 Å². The molecule has 0 spiro atoms. The van der Waals surface area contributed by atoms with Gasteiger partial charge in [0, 0.05) is 18.3 Å². The third kappa shape index (κ3) is 10.6. The highest BCUT2D eigenvalue weighted by Gasteiger charge is 2.30. The summed E-state index contributed by atoms with van der Waals surface area (Å²) < 4.78 is 40.3. The van der Waals surface area contributed by atoms with Gasteiger partial charge in [-0.15, -0.1) is 0 Å². The van der Waals surface area contributed by atoms with E-state index >= 15 is 0 Å². The Morgan fingerprint density at radius 1 is 1.00 bits per heavy atom. The summed E-state index contributed by atoms with van der Waals surface area (Å²) in [5.41, 5.74) is 0.651. The molecule has 8 nitrogen and oxygen atoms in total. The van der Waals surface area contributed by atoms with Gasteiger partial charge in [0.1, 0.15) is 0 Å². The molecule has 0 aliphatic carbocycles.